The number of piperidine rings is 2. The molecule has 0 saturated carbocycles. The van der Waals surface area contributed by atoms with Crippen LogP contribution >= 0.6 is 34.8 Å². The Labute approximate surface area is 519 Å². The highest BCUT2D eigenvalue weighted by Crippen LogP contribution is 2.25. The van der Waals surface area contributed by atoms with Gasteiger partial charge < -0.3 is 35.8 Å². The highest BCUT2D eigenvalue weighted by Gasteiger charge is 2.23. The summed E-state index contributed by atoms with van der Waals surface area (Å²) in [6, 6.07) is 34.8. The number of imidazole rings is 3. The highest BCUT2D eigenvalue weighted by molar-refractivity contribution is 6.31. The minimum absolute atomic E-state index is 0.147. The molecule has 87 heavy (non-hydrogen) atoms. The molecule has 0 bridgehead atoms. The maximum atomic E-state index is 12.9. The lowest BCUT2D eigenvalue weighted by Crippen LogP contribution is -2.35. The minimum Gasteiger partial charge on any atom is -0.393 e. The Balaban J connectivity index is 0.000000144. The van der Waals surface area contributed by atoms with Crippen molar-refractivity contribution in [3.05, 3.63) is 206 Å². The van der Waals surface area contributed by atoms with Crippen LogP contribution in [0.3, 0.4) is 0 Å². The predicted molar refractivity (Wildman–Crippen MR) is 342 cm³/mol. The number of aliphatic hydroxyl groups excluding tert-OH is 1. The van der Waals surface area contributed by atoms with Gasteiger partial charge in [-0.1, -0.05) is 92.0 Å². The van der Waals surface area contributed by atoms with Crippen LogP contribution in [0.4, 0.5) is 17.1 Å². The first kappa shape index (κ1) is 61.5. The van der Waals surface area contributed by atoms with Gasteiger partial charge in [0.2, 0.25) is 0 Å². The molecule has 6 aromatic heterocycles. The van der Waals surface area contributed by atoms with E-state index < -0.39 is 0 Å². The molecule has 9 aromatic rings. The van der Waals surface area contributed by atoms with Crippen LogP contribution in [0, 0.1) is 0 Å². The molecule has 9 heterocycles. The number of aromatic nitrogens is 6. The van der Waals surface area contributed by atoms with Gasteiger partial charge >= 0.3 is 0 Å². The molecule has 3 amide bonds. The van der Waals surface area contributed by atoms with Crippen LogP contribution in [0.25, 0.3) is 16.9 Å². The number of rotatable bonds is 15. The molecule has 2 fully saturated rings. The second-order valence-corrected chi connectivity index (χ2v) is 22.8. The van der Waals surface area contributed by atoms with Crippen LogP contribution in [0.5, 0.6) is 0 Å². The number of ketones is 2. The molecule has 0 radical (unpaired) electrons. The minimum atomic E-state index is -0.176. The van der Waals surface area contributed by atoms with E-state index in [1.165, 1.54) is 0 Å². The van der Waals surface area contributed by atoms with Crippen molar-refractivity contribution < 1.29 is 29.1 Å². The van der Waals surface area contributed by atoms with Gasteiger partial charge in [-0.25, -0.2) is 15.0 Å². The normalized spacial score (nSPS) is 14.4. The van der Waals surface area contributed by atoms with Gasteiger partial charge in [0.25, 0.3) is 17.7 Å². The van der Waals surface area contributed by atoms with Crippen molar-refractivity contribution in [1.82, 2.24) is 44.1 Å². The Hall–Kier alpha value is -8.55. The lowest BCUT2D eigenvalue weighted by Gasteiger charge is -2.31. The summed E-state index contributed by atoms with van der Waals surface area (Å²) < 4.78 is 5.34. The maximum Gasteiger partial charge on any atom is 0.270 e. The summed E-state index contributed by atoms with van der Waals surface area (Å²) in [4.78, 5) is 81.4. The van der Waals surface area contributed by atoms with Gasteiger partial charge in [-0.2, -0.15) is 0 Å². The van der Waals surface area contributed by atoms with Gasteiger partial charge in [-0.15, -0.1) is 0 Å². The summed E-state index contributed by atoms with van der Waals surface area (Å²) in [6.45, 7) is 11.2. The van der Waals surface area contributed by atoms with Gasteiger partial charge in [0.05, 0.1) is 23.2 Å². The molecule has 21 heteroatoms. The quantitative estimate of drug-likeness (QED) is 0.0757. The van der Waals surface area contributed by atoms with Crippen LogP contribution in [-0.2, 0) is 48.5 Å². The number of pyridine rings is 3. The van der Waals surface area contributed by atoms with E-state index in [-0.39, 0.29) is 29.6 Å². The number of nitrogens with one attached hydrogen (secondary N) is 3. The van der Waals surface area contributed by atoms with E-state index in [1.807, 2.05) is 92.5 Å². The van der Waals surface area contributed by atoms with Crippen LogP contribution in [-0.4, -0.2) is 101 Å². The number of fused-ring (bicyclic) bond motifs is 3. The molecule has 3 aromatic carbocycles. The number of aliphatic hydroxyl groups is 1. The third kappa shape index (κ3) is 15.0. The molecule has 3 aliphatic heterocycles. The monoisotopic (exact) mass is 1230 g/mol. The number of aryl methyl sites for hydroxylation is 3. The second-order valence-electron chi connectivity index (χ2n) is 21.5. The number of nitrogens with zero attached hydrogens (tertiary/aromatic N) is 9. The fourth-order valence-corrected chi connectivity index (χ4v) is 11.3. The van der Waals surface area contributed by atoms with E-state index in [0.29, 0.717) is 120 Å². The standard InChI is InChI=1S/C22H25ClN4O2.C22H23ClN4O2.C22H21ClN4O2/c3*1-2-19-21(27-12-7-16(23)13-20(27)25-19)22(29)24-14-15-3-5-17(6-4-15)26-10-8-18(28)9-11-26/h3-7,12-13,18,28H,2,8-11,14H2,1H3,(H,24,29);3-7,12-13H,2,8-11,14H2,1H3,(H,24,29);3-8,10,12-13H,2,9,11,14H2,1H3,(H,24,29). The lowest BCUT2D eigenvalue weighted by molar-refractivity contribution is -0.119. The van der Waals surface area contributed by atoms with Crippen LogP contribution < -0.4 is 30.7 Å². The van der Waals surface area contributed by atoms with Crippen molar-refractivity contribution in [1.29, 1.82) is 0 Å². The zero-order valence-corrected chi connectivity index (χ0v) is 51.1. The van der Waals surface area contributed by atoms with Gasteiger partial charge in [0, 0.05) is 147 Å². The van der Waals surface area contributed by atoms with Gasteiger partial charge in [-0.3, -0.25) is 37.2 Å². The zero-order chi connectivity index (χ0) is 61.1. The third-order valence-electron chi connectivity index (χ3n) is 15.7. The molecule has 450 valence electrons. The van der Waals surface area contributed by atoms with E-state index >= 15 is 0 Å². The maximum absolute atomic E-state index is 12.9. The molecule has 0 spiro atoms. The first-order chi connectivity index (χ1) is 42.1. The van der Waals surface area contributed by atoms with Crippen LogP contribution in [0.15, 0.2) is 140 Å². The number of allylic oxidation sites excluding steroid dienone is 1. The summed E-state index contributed by atoms with van der Waals surface area (Å²) in [5.41, 5.74) is 12.2. The molecule has 18 nitrogen and oxygen atoms in total. The summed E-state index contributed by atoms with van der Waals surface area (Å²) in [5, 5.41) is 20.4. The number of anilines is 3. The van der Waals surface area contributed by atoms with Gasteiger partial charge in [0.15, 0.2) is 5.78 Å². The Morgan fingerprint density at radius 2 is 0.851 bits per heavy atom. The van der Waals surface area contributed by atoms with E-state index in [1.54, 1.807) is 74.3 Å². The largest absolute Gasteiger partial charge is 0.393 e. The number of benzene rings is 3. The molecular formula is C66H69Cl3N12O6. The number of hydrogen-bond donors (Lipinski definition) is 4. The fraction of sp³-hybridized carbons (Fsp3) is 0.303. The lowest BCUT2D eigenvalue weighted by atomic mass is 10.1. The Kier molecular flexibility index (Phi) is 20.0. The van der Waals surface area contributed by atoms with E-state index in [9.17, 15) is 29.1 Å². The molecule has 0 aliphatic carbocycles. The predicted octanol–water partition coefficient (Wildman–Crippen LogP) is 10.9. The first-order valence-electron chi connectivity index (χ1n) is 29.4. The Morgan fingerprint density at radius 1 is 0.494 bits per heavy atom. The zero-order valence-electron chi connectivity index (χ0n) is 48.8. The van der Waals surface area contributed by atoms with Crippen molar-refractivity contribution >= 4 is 98.1 Å². The number of carbonyl (C=O) groups is 5. The average Bonchev–Trinajstić information content (AvgIpc) is 3.06. The number of amides is 3. The fourth-order valence-electron chi connectivity index (χ4n) is 10.8. The Bertz CT molecular complexity index is 3970. The summed E-state index contributed by atoms with van der Waals surface area (Å²) in [6.07, 6.45) is 13.9. The summed E-state index contributed by atoms with van der Waals surface area (Å²) in [5.74, 6) is 0.0164. The van der Waals surface area contributed by atoms with Gasteiger partial charge in [-0.05, 0) is 109 Å². The van der Waals surface area contributed by atoms with Crippen LogP contribution in [0.1, 0.15) is 118 Å². The second kappa shape index (κ2) is 28.3. The number of halogens is 3. The molecule has 0 atom stereocenters. The van der Waals surface area contributed by atoms with Crippen molar-refractivity contribution in [2.45, 2.75) is 97.9 Å². The van der Waals surface area contributed by atoms with E-state index in [2.05, 4.69) is 52.8 Å². The third-order valence-corrected chi connectivity index (χ3v) is 16.4. The Morgan fingerprint density at radius 3 is 1.20 bits per heavy atom. The van der Waals surface area contributed by atoms with Crippen molar-refractivity contribution in [3.63, 3.8) is 0 Å². The van der Waals surface area contributed by atoms with Crippen molar-refractivity contribution in [2.75, 3.05) is 47.4 Å². The SMILES string of the molecule is CCc1nc2cc(Cl)ccn2c1C(=O)NCc1ccc(N2C=CC(=O)CC2)cc1.CCc1nc2cc(Cl)ccn2c1C(=O)NCc1ccc(N2CCC(=O)CC2)cc1.CCc1nc2cc(Cl)ccn2c1C(=O)NCc1ccc(N2CCC(O)CC2)cc1. The van der Waals surface area contributed by atoms with Gasteiger partial charge in [0.1, 0.15) is 39.8 Å². The molecule has 12 rings (SSSR count). The topological polar surface area (TPSA) is 203 Å². The first-order valence-corrected chi connectivity index (χ1v) is 30.6. The van der Waals surface area contributed by atoms with Crippen LogP contribution in [0.2, 0.25) is 15.1 Å². The number of hydrogen-bond acceptors (Lipinski definition) is 12. The average molecular weight is 1230 g/mol. The summed E-state index contributed by atoms with van der Waals surface area (Å²) in [7, 11) is 0. The molecule has 2 saturated heterocycles. The molecule has 3 aliphatic rings. The molecule has 4 N–H and O–H groups in total. The molecular weight excluding hydrogens is 1160 g/mol. The van der Waals surface area contributed by atoms with Crippen molar-refractivity contribution in [2.24, 2.45) is 0 Å². The summed E-state index contributed by atoms with van der Waals surface area (Å²) >= 11 is 18.1. The molecule has 0 unspecified atom stereocenters. The van der Waals surface area contributed by atoms with E-state index in [0.717, 1.165) is 89.9 Å². The van der Waals surface area contributed by atoms with Crippen molar-refractivity contribution in [3.8, 4) is 0 Å². The number of carbonyl (C=O) groups excluding carboxylic acids is 5. The number of Topliss-reactive ketones (excluding diaryl/α,β-unsaturated/α-hetero) is 1. The smallest absolute Gasteiger partial charge is 0.270 e. The van der Waals surface area contributed by atoms with E-state index in [4.69, 9.17) is 34.8 Å². The highest BCUT2D eigenvalue weighted by atomic mass is 35.5.